The summed E-state index contributed by atoms with van der Waals surface area (Å²) in [4.78, 5) is 0. The largest absolute Gasteiger partial charge is 0.321 e. The summed E-state index contributed by atoms with van der Waals surface area (Å²) in [7, 11) is 0. The van der Waals surface area contributed by atoms with Gasteiger partial charge in [0.2, 0.25) is 0 Å². The molecule has 1 nitrogen and oxygen atoms in total. The Bertz CT molecular complexity index is 537. The molecule has 0 aliphatic rings. The summed E-state index contributed by atoms with van der Waals surface area (Å²) < 4.78 is 14.6. The van der Waals surface area contributed by atoms with Crippen LogP contribution in [0.25, 0.3) is 0 Å². The van der Waals surface area contributed by atoms with Gasteiger partial charge in [-0.25, -0.2) is 4.39 Å². The zero-order chi connectivity index (χ0) is 13.2. The fourth-order valence-electron chi connectivity index (χ4n) is 2.00. The Hall–Kier alpha value is -1.19. The first-order valence-electron chi connectivity index (χ1n) is 5.77. The predicted molar refractivity (Wildman–Crippen MR) is 75.8 cm³/mol. The van der Waals surface area contributed by atoms with Crippen LogP contribution in [-0.2, 0) is 12.0 Å². The third-order valence-corrected chi connectivity index (χ3v) is 3.49. The number of hydrogen-bond acceptors (Lipinski definition) is 1. The van der Waals surface area contributed by atoms with Crippen LogP contribution in [0.2, 0.25) is 0 Å². The van der Waals surface area contributed by atoms with Crippen LogP contribution >= 0.6 is 15.9 Å². The molecule has 0 bridgehead atoms. The highest BCUT2D eigenvalue weighted by Gasteiger charge is 2.23. The fraction of sp³-hybridized carbons (Fsp3) is 0.200. The van der Waals surface area contributed by atoms with E-state index in [1.54, 1.807) is 12.1 Å². The van der Waals surface area contributed by atoms with Gasteiger partial charge in [-0.2, -0.15) is 0 Å². The van der Waals surface area contributed by atoms with Crippen molar-refractivity contribution in [2.45, 2.75) is 18.9 Å². The average Bonchev–Trinajstić information content (AvgIpc) is 2.35. The van der Waals surface area contributed by atoms with E-state index in [2.05, 4.69) is 15.9 Å². The lowest BCUT2D eigenvalue weighted by Gasteiger charge is -2.25. The zero-order valence-corrected chi connectivity index (χ0v) is 11.7. The molecule has 2 N–H and O–H groups in total. The molecule has 94 valence electrons. The van der Waals surface area contributed by atoms with Crippen LogP contribution in [0, 0.1) is 5.82 Å². The van der Waals surface area contributed by atoms with Gasteiger partial charge in [-0.3, -0.25) is 0 Å². The van der Waals surface area contributed by atoms with Crippen molar-refractivity contribution >= 4 is 15.9 Å². The van der Waals surface area contributed by atoms with Crippen molar-refractivity contribution < 1.29 is 4.39 Å². The fourth-order valence-corrected chi connectivity index (χ4v) is 2.40. The molecule has 0 radical (unpaired) electrons. The maximum Gasteiger partial charge on any atom is 0.126 e. The van der Waals surface area contributed by atoms with Gasteiger partial charge in [0.25, 0.3) is 0 Å². The molecule has 1 atom stereocenters. The lowest BCUT2D eigenvalue weighted by molar-refractivity contribution is 0.475. The molecule has 2 rings (SSSR count). The minimum Gasteiger partial charge on any atom is -0.321 e. The van der Waals surface area contributed by atoms with Gasteiger partial charge in [-0.1, -0.05) is 46.3 Å². The van der Waals surface area contributed by atoms with Crippen molar-refractivity contribution in [3.8, 4) is 0 Å². The molecule has 2 aromatic rings. The van der Waals surface area contributed by atoms with E-state index in [4.69, 9.17) is 5.73 Å². The van der Waals surface area contributed by atoms with Gasteiger partial charge in [-0.15, -0.1) is 0 Å². The number of hydrogen-bond donors (Lipinski definition) is 1. The third kappa shape index (κ3) is 2.98. The van der Waals surface area contributed by atoms with Crippen LogP contribution in [0.3, 0.4) is 0 Å². The summed E-state index contributed by atoms with van der Waals surface area (Å²) >= 11 is 3.35. The lowest BCUT2D eigenvalue weighted by atomic mass is 9.86. The topological polar surface area (TPSA) is 26.0 Å². The zero-order valence-electron chi connectivity index (χ0n) is 10.2. The summed E-state index contributed by atoms with van der Waals surface area (Å²) in [5.41, 5.74) is 7.35. The van der Waals surface area contributed by atoms with Crippen molar-refractivity contribution in [1.82, 2.24) is 0 Å². The second-order valence-electron chi connectivity index (χ2n) is 4.70. The van der Waals surface area contributed by atoms with E-state index in [1.807, 2.05) is 37.3 Å². The van der Waals surface area contributed by atoms with Gasteiger partial charge >= 0.3 is 0 Å². The molecule has 18 heavy (non-hydrogen) atoms. The van der Waals surface area contributed by atoms with E-state index in [1.165, 1.54) is 6.07 Å². The molecule has 3 heteroatoms. The Morgan fingerprint density at radius 2 is 1.83 bits per heavy atom. The van der Waals surface area contributed by atoms with Crippen molar-refractivity contribution in [2.24, 2.45) is 5.73 Å². The minimum absolute atomic E-state index is 0.217. The molecule has 0 saturated heterocycles. The quantitative estimate of drug-likeness (QED) is 0.911. The van der Waals surface area contributed by atoms with E-state index < -0.39 is 5.54 Å². The molecule has 0 fully saturated rings. The predicted octanol–water partition coefficient (Wildman–Crippen LogP) is 4.00. The summed E-state index contributed by atoms with van der Waals surface area (Å²) in [6.45, 7) is 1.92. The van der Waals surface area contributed by atoms with Gasteiger partial charge in [0.15, 0.2) is 0 Å². The minimum atomic E-state index is -0.580. The molecular weight excluding hydrogens is 293 g/mol. The van der Waals surface area contributed by atoms with Gasteiger partial charge < -0.3 is 5.73 Å². The van der Waals surface area contributed by atoms with Crippen molar-refractivity contribution in [1.29, 1.82) is 0 Å². The van der Waals surface area contributed by atoms with Gasteiger partial charge in [0, 0.05) is 10.0 Å². The molecule has 0 saturated carbocycles. The number of nitrogens with two attached hydrogens (primary N) is 1. The second kappa shape index (κ2) is 5.21. The van der Waals surface area contributed by atoms with E-state index in [-0.39, 0.29) is 5.82 Å². The van der Waals surface area contributed by atoms with Crippen molar-refractivity contribution in [3.63, 3.8) is 0 Å². The molecule has 2 aromatic carbocycles. The molecule has 0 amide bonds. The molecule has 0 heterocycles. The number of halogens is 2. The van der Waals surface area contributed by atoms with Crippen LogP contribution < -0.4 is 5.73 Å². The van der Waals surface area contributed by atoms with E-state index in [0.29, 0.717) is 12.0 Å². The summed E-state index contributed by atoms with van der Waals surface area (Å²) in [5.74, 6) is -0.217. The standard InChI is InChI=1S/C15H15BrFN/c1-15(18,12-5-3-2-4-6-12)10-11-9-13(16)7-8-14(11)17/h2-9H,10,18H2,1H3. The van der Waals surface area contributed by atoms with Crippen LogP contribution in [0.1, 0.15) is 18.1 Å². The van der Waals surface area contributed by atoms with Crippen LogP contribution in [-0.4, -0.2) is 0 Å². The first kappa shape index (κ1) is 13.2. The maximum atomic E-state index is 13.7. The first-order valence-corrected chi connectivity index (χ1v) is 6.57. The molecule has 0 aliphatic heterocycles. The highest BCUT2D eigenvalue weighted by molar-refractivity contribution is 9.10. The van der Waals surface area contributed by atoms with Gasteiger partial charge in [-0.05, 0) is 42.7 Å². The van der Waals surface area contributed by atoms with Gasteiger partial charge in [0.1, 0.15) is 5.82 Å². The van der Waals surface area contributed by atoms with E-state index >= 15 is 0 Å². The average molecular weight is 308 g/mol. The first-order chi connectivity index (χ1) is 8.49. The molecule has 0 aliphatic carbocycles. The van der Waals surface area contributed by atoms with Crippen LogP contribution in [0.15, 0.2) is 53.0 Å². The second-order valence-corrected chi connectivity index (χ2v) is 5.61. The Kier molecular flexibility index (Phi) is 3.83. The number of benzene rings is 2. The number of rotatable bonds is 3. The Morgan fingerprint density at radius 1 is 1.17 bits per heavy atom. The van der Waals surface area contributed by atoms with Crippen LogP contribution in [0.4, 0.5) is 4.39 Å². The molecule has 1 unspecified atom stereocenters. The molecular formula is C15H15BrFN. The smallest absolute Gasteiger partial charge is 0.126 e. The van der Waals surface area contributed by atoms with Crippen molar-refractivity contribution in [2.75, 3.05) is 0 Å². The maximum absolute atomic E-state index is 13.7. The van der Waals surface area contributed by atoms with E-state index in [9.17, 15) is 4.39 Å². The SMILES string of the molecule is CC(N)(Cc1cc(Br)ccc1F)c1ccccc1. The Balaban J connectivity index is 2.30. The Morgan fingerprint density at radius 3 is 2.50 bits per heavy atom. The lowest BCUT2D eigenvalue weighted by Crippen LogP contribution is -2.35. The van der Waals surface area contributed by atoms with Crippen molar-refractivity contribution in [3.05, 3.63) is 69.9 Å². The summed E-state index contributed by atoms with van der Waals surface area (Å²) in [6, 6.07) is 14.7. The Labute approximate surface area is 115 Å². The monoisotopic (exact) mass is 307 g/mol. The normalized spacial score (nSPS) is 14.2. The van der Waals surface area contributed by atoms with Crippen LogP contribution in [0.5, 0.6) is 0 Å². The third-order valence-electron chi connectivity index (χ3n) is 3.00. The molecule has 0 aromatic heterocycles. The summed E-state index contributed by atoms with van der Waals surface area (Å²) in [6.07, 6.45) is 0.461. The van der Waals surface area contributed by atoms with Gasteiger partial charge in [0.05, 0.1) is 0 Å². The molecule has 0 spiro atoms. The highest BCUT2D eigenvalue weighted by atomic mass is 79.9. The highest BCUT2D eigenvalue weighted by Crippen LogP contribution is 2.25. The summed E-state index contributed by atoms with van der Waals surface area (Å²) in [5, 5.41) is 0. The van der Waals surface area contributed by atoms with E-state index in [0.717, 1.165) is 10.0 Å².